The lowest BCUT2D eigenvalue weighted by molar-refractivity contribution is -0.121. The van der Waals surface area contributed by atoms with Gasteiger partial charge in [-0.2, -0.15) is 0 Å². The monoisotopic (exact) mass is 377 g/mol. The fourth-order valence-electron chi connectivity index (χ4n) is 2.74. The van der Waals surface area contributed by atoms with E-state index in [0.29, 0.717) is 23.1 Å². The van der Waals surface area contributed by atoms with E-state index in [4.69, 9.17) is 23.2 Å². The van der Waals surface area contributed by atoms with Gasteiger partial charge in [0.1, 0.15) is 0 Å². The molecule has 7 heteroatoms. The summed E-state index contributed by atoms with van der Waals surface area (Å²) < 4.78 is 3.20. The molecule has 0 aliphatic heterocycles. The maximum atomic E-state index is 12.3. The third-order valence-electron chi connectivity index (χ3n) is 4.11. The predicted octanol–water partition coefficient (Wildman–Crippen LogP) is 3.35. The van der Waals surface area contributed by atoms with E-state index in [2.05, 4.69) is 5.32 Å². The van der Waals surface area contributed by atoms with Gasteiger partial charge in [-0.15, -0.1) is 0 Å². The number of benzene rings is 2. The van der Waals surface area contributed by atoms with Crippen LogP contribution in [0.5, 0.6) is 0 Å². The van der Waals surface area contributed by atoms with Crippen LogP contribution in [-0.2, 0) is 24.9 Å². The lowest BCUT2D eigenvalue weighted by Gasteiger charge is -2.08. The number of carbonyl (C=O) groups excluding carboxylic acids is 1. The molecule has 0 aliphatic rings. The van der Waals surface area contributed by atoms with E-state index < -0.39 is 0 Å². The Bertz CT molecular complexity index is 992. The first-order valence-corrected chi connectivity index (χ1v) is 8.58. The molecule has 0 aliphatic carbocycles. The van der Waals surface area contributed by atoms with Gasteiger partial charge in [0.05, 0.1) is 11.0 Å². The Balaban J connectivity index is 1.65. The van der Waals surface area contributed by atoms with Crippen molar-refractivity contribution in [1.82, 2.24) is 14.5 Å². The number of aromatic nitrogens is 2. The topological polar surface area (TPSA) is 56.0 Å². The summed E-state index contributed by atoms with van der Waals surface area (Å²) in [6.07, 6.45) is 0.207. The maximum Gasteiger partial charge on any atom is 0.328 e. The minimum Gasteiger partial charge on any atom is -0.352 e. The zero-order chi connectivity index (χ0) is 18.0. The van der Waals surface area contributed by atoms with Crippen LogP contribution in [0.3, 0.4) is 0 Å². The number of amides is 1. The third kappa shape index (κ3) is 3.72. The molecule has 130 valence electrons. The van der Waals surface area contributed by atoms with Gasteiger partial charge in [-0.1, -0.05) is 41.4 Å². The molecule has 0 bridgehead atoms. The fraction of sp³-hybridized carbons (Fsp3) is 0.222. The van der Waals surface area contributed by atoms with E-state index in [-0.39, 0.29) is 18.0 Å². The molecule has 25 heavy (non-hydrogen) atoms. The molecule has 3 aromatic rings. The summed E-state index contributed by atoms with van der Waals surface area (Å²) in [5, 5.41) is 3.88. The van der Waals surface area contributed by atoms with Crippen LogP contribution in [0.2, 0.25) is 10.0 Å². The van der Waals surface area contributed by atoms with Gasteiger partial charge in [0.2, 0.25) is 5.91 Å². The van der Waals surface area contributed by atoms with E-state index in [1.165, 1.54) is 0 Å². The van der Waals surface area contributed by atoms with Crippen molar-refractivity contribution in [1.29, 1.82) is 0 Å². The summed E-state index contributed by atoms with van der Waals surface area (Å²) in [4.78, 5) is 24.4. The first kappa shape index (κ1) is 17.6. The van der Waals surface area contributed by atoms with Crippen LogP contribution in [0.4, 0.5) is 0 Å². The molecule has 0 spiro atoms. The fourth-order valence-corrected chi connectivity index (χ4v) is 3.22. The third-order valence-corrected chi connectivity index (χ3v) is 4.69. The molecule has 1 amide bonds. The van der Waals surface area contributed by atoms with Gasteiger partial charge in [0.25, 0.3) is 0 Å². The Hall–Kier alpha value is -2.24. The number of hydrogen-bond acceptors (Lipinski definition) is 2. The van der Waals surface area contributed by atoms with Crippen molar-refractivity contribution in [2.24, 2.45) is 7.05 Å². The lowest BCUT2D eigenvalue weighted by atomic mass is 10.2. The van der Waals surface area contributed by atoms with Gasteiger partial charge in [0.15, 0.2) is 0 Å². The van der Waals surface area contributed by atoms with Crippen LogP contribution >= 0.6 is 23.2 Å². The molecule has 0 saturated heterocycles. The summed E-state index contributed by atoms with van der Waals surface area (Å²) in [6, 6.07) is 12.7. The van der Waals surface area contributed by atoms with Gasteiger partial charge < -0.3 is 5.32 Å². The minimum atomic E-state index is -0.147. The first-order chi connectivity index (χ1) is 12.0. The summed E-state index contributed by atoms with van der Waals surface area (Å²) in [5.74, 6) is -0.147. The number of halogens is 2. The summed E-state index contributed by atoms with van der Waals surface area (Å²) in [5.41, 5.74) is 2.33. The molecule has 1 heterocycles. The normalized spacial score (nSPS) is 11.0. The van der Waals surface area contributed by atoms with Gasteiger partial charge in [-0.3, -0.25) is 13.9 Å². The van der Waals surface area contributed by atoms with E-state index in [1.54, 1.807) is 34.4 Å². The lowest BCUT2D eigenvalue weighted by Crippen LogP contribution is -2.27. The average Bonchev–Trinajstić information content (AvgIpc) is 2.84. The Labute approximate surface area is 154 Å². The summed E-state index contributed by atoms with van der Waals surface area (Å²) in [6.45, 7) is 0.639. The Morgan fingerprint density at radius 3 is 2.56 bits per heavy atom. The molecular formula is C18H17Cl2N3O2. The highest BCUT2D eigenvalue weighted by molar-refractivity contribution is 6.35. The number of para-hydroxylation sites is 2. The molecule has 0 saturated carbocycles. The average molecular weight is 378 g/mol. The number of nitrogens with one attached hydrogen (secondary N) is 1. The second kappa shape index (κ2) is 7.33. The molecule has 3 rings (SSSR count). The number of imidazole rings is 1. The number of rotatable bonds is 5. The quantitative estimate of drug-likeness (QED) is 0.740. The molecule has 0 unspecified atom stereocenters. The van der Waals surface area contributed by atoms with Gasteiger partial charge in [-0.25, -0.2) is 4.79 Å². The summed E-state index contributed by atoms with van der Waals surface area (Å²) >= 11 is 11.9. The predicted molar refractivity (Wildman–Crippen MR) is 100 cm³/mol. The highest BCUT2D eigenvalue weighted by Gasteiger charge is 2.11. The van der Waals surface area contributed by atoms with Gasteiger partial charge in [0, 0.05) is 36.6 Å². The SMILES string of the molecule is Cn1c(=O)n(CCC(=O)NCc2ccc(Cl)cc2Cl)c2ccccc21. The number of aryl methyl sites for hydroxylation is 2. The van der Waals surface area contributed by atoms with Gasteiger partial charge >= 0.3 is 5.69 Å². The number of fused-ring (bicyclic) bond motifs is 1. The molecule has 0 atom stereocenters. The van der Waals surface area contributed by atoms with Crippen molar-refractivity contribution in [2.75, 3.05) is 0 Å². The number of nitrogens with zero attached hydrogens (tertiary/aromatic N) is 2. The standard InChI is InChI=1S/C18H17Cl2N3O2/c1-22-15-4-2-3-5-16(15)23(18(22)25)9-8-17(24)21-11-12-6-7-13(19)10-14(12)20/h2-7,10H,8-9,11H2,1H3,(H,21,24). The Morgan fingerprint density at radius 2 is 1.84 bits per heavy atom. The highest BCUT2D eigenvalue weighted by Crippen LogP contribution is 2.20. The number of hydrogen-bond donors (Lipinski definition) is 1. The van der Waals surface area contributed by atoms with Crippen molar-refractivity contribution in [2.45, 2.75) is 19.5 Å². The molecule has 1 N–H and O–H groups in total. The van der Waals surface area contributed by atoms with Crippen molar-refractivity contribution >= 4 is 40.1 Å². The Morgan fingerprint density at radius 1 is 1.12 bits per heavy atom. The Kier molecular flexibility index (Phi) is 5.16. The molecule has 0 fully saturated rings. The zero-order valence-electron chi connectivity index (χ0n) is 13.6. The van der Waals surface area contributed by atoms with Crippen LogP contribution < -0.4 is 11.0 Å². The van der Waals surface area contributed by atoms with Crippen LogP contribution in [0, 0.1) is 0 Å². The van der Waals surface area contributed by atoms with Gasteiger partial charge in [-0.05, 0) is 29.8 Å². The van der Waals surface area contributed by atoms with Crippen molar-refractivity contribution in [3.8, 4) is 0 Å². The zero-order valence-corrected chi connectivity index (χ0v) is 15.1. The smallest absolute Gasteiger partial charge is 0.328 e. The summed E-state index contributed by atoms with van der Waals surface area (Å²) in [7, 11) is 1.73. The number of carbonyl (C=O) groups is 1. The minimum absolute atomic E-state index is 0.130. The van der Waals surface area contributed by atoms with E-state index in [1.807, 2.05) is 24.3 Å². The van der Waals surface area contributed by atoms with Crippen LogP contribution in [0.15, 0.2) is 47.3 Å². The second-order valence-electron chi connectivity index (χ2n) is 5.74. The first-order valence-electron chi connectivity index (χ1n) is 7.82. The molecule has 1 aromatic heterocycles. The van der Waals surface area contributed by atoms with Crippen LogP contribution in [0.1, 0.15) is 12.0 Å². The van der Waals surface area contributed by atoms with E-state index in [9.17, 15) is 9.59 Å². The maximum absolute atomic E-state index is 12.3. The highest BCUT2D eigenvalue weighted by atomic mass is 35.5. The largest absolute Gasteiger partial charge is 0.352 e. The molecule has 0 radical (unpaired) electrons. The molecule has 2 aromatic carbocycles. The van der Waals surface area contributed by atoms with Crippen molar-refractivity contribution < 1.29 is 4.79 Å². The second-order valence-corrected chi connectivity index (χ2v) is 6.59. The van der Waals surface area contributed by atoms with Crippen LogP contribution in [-0.4, -0.2) is 15.0 Å². The van der Waals surface area contributed by atoms with E-state index in [0.717, 1.165) is 16.6 Å². The van der Waals surface area contributed by atoms with Crippen LogP contribution in [0.25, 0.3) is 11.0 Å². The molecular weight excluding hydrogens is 361 g/mol. The van der Waals surface area contributed by atoms with E-state index >= 15 is 0 Å². The van der Waals surface area contributed by atoms with Crippen molar-refractivity contribution in [3.05, 3.63) is 68.6 Å². The van der Waals surface area contributed by atoms with Crippen molar-refractivity contribution in [3.63, 3.8) is 0 Å². The molecule has 5 nitrogen and oxygen atoms in total.